The van der Waals surface area contributed by atoms with Gasteiger partial charge in [0.25, 0.3) is 5.91 Å². The SMILES string of the molecule is Nc1ccnc(C(=O)N2CCC3(CC2)CC(=O)N(Cc2ccc(Cl)cc2)C3)c1. The summed E-state index contributed by atoms with van der Waals surface area (Å²) in [6.45, 7) is 2.62. The summed E-state index contributed by atoms with van der Waals surface area (Å²) in [5.41, 5.74) is 7.71. The van der Waals surface area contributed by atoms with E-state index >= 15 is 0 Å². The predicted octanol–water partition coefficient (Wildman–Crippen LogP) is 2.97. The molecule has 2 amide bonds. The first-order chi connectivity index (χ1) is 13.4. The normalized spacial score (nSPS) is 18.7. The molecule has 2 aliphatic rings. The highest BCUT2D eigenvalue weighted by Gasteiger charge is 2.45. The molecule has 2 N–H and O–H groups in total. The number of anilines is 1. The van der Waals surface area contributed by atoms with Crippen molar-refractivity contribution in [2.24, 2.45) is 5.41 Å². The largest absolute Gasteiger partial charge is 0.399 e. The summed E-state index contributed by atoms with van der Waals surface area (Å²) in [6.07, 6.45) is 3.76. The molecule has 28 heavy (non-hydrogen) atoms. The molecule has 6 nitrogen and oxygen atoms in total. The van der Waals surface area contributed by atoms with Gasteiger partial charge in [-0.3, -0.25) is 14.6 Å². The van der Waals surface area contributed by atoms with Crippen molar-refractivity contribution in [2.45, 2.75) is 25.8 Å². The van der Waals surface area contributed by atoms with E-state index in [1.165, 1.54) is 0 Å². The van der Waals surface area contributed by atoms with Crippen molar-refractivity contribution in [1.29, 1.82) is 0 Å². The Morgan fingerprint density at radius 3 is 2.57 bits per heavy atom. The molecule has 7 heteroatoms. The number of hydrogen-bond donors (Lipinski definition) is 1. The Morgan fingerprint density at radius 1 is 1.18 bits per heavy atom. The highest BCUT2D eigenvalue weighted by molar-refractivity contribution is 6.30. The van der Waals surface area contributed by atoms with E-state index in [0.29, 0.717) is 42.5 Å². The van der Waals surface area contributed by atoms with E-state index in [-0.39, 0.29) is 17.2 Å². The number of carbonyl (C=O) groups excluding carboxylic acids is 2. The molecule has 0 radical (unpaired) electrons. The molecular weight excluding hydrogens is 376 g/mol. The van der Waals surface area contributed by atoms with Crippen molar-refractivity contribution in [3.63, 3.8) is 0 Å². The molecule has 2 aliphatic heterocycles. The first-order valence-electron chi connectivity index (χ1n) is 9.47. The molecule has 0 aliphatic carbocycles. The fraction of sp³-hybridized carbons (Fsp3) is 0.381. The van der Waals surface area contributed by atoms with Crippen molar-refractivity contribution >= 4 is 29.1 Å². The molecule has 0 unspecified atom stereocenters. The molecule has 1 aromatic carbocycles. The summed E-state index contributed by atoms with van der Waals surface area (Å²) in [7, 11) is 0. The Morgan fingerprint density at radius 2 is 1.89 bits per heavy atom. The van der Waals surface area contributed by atoms with Crippen LogP contribution in [0.5, 0.6) is 0 Å². The number of halogens is 1. The Kier molecular flexibility index (Phi) is 4.98. The average Bonchev–Trinajstić information content (AvgIpc) is 2.98. The molecular formula is C21H23ClN4O2. The lowest BCUT2D eigenvalue weighted by Gasteiger charge is -2.38. The smallest absolute Gasteiger partial charge is 0.272 e. The molecule has 0 atom stereocenters. The topological polar surface area (TPSA) is 79.5 Å². The highest BCUT2D eigenvalue weighted by Crippen LogP contribution is 2.41. The predicted molar refractivity (Wildman–Crippen MR) is 108 cm³/mol. The Hall–Kier alpha value is -2.60. The molecule has 2 fully saturated rings. The van der Waals surface area contributed by atoms with Gasteiger partial charge in [-0.25, -0.2) is 0 Å². The first-order valence-corrected chi connectivity index (χ1v) is 9.85. The van der Waals surface area contributed by atoms with Gasteiger partial charge in [0.2, 0.25) is 5.91 Å². The third-order valence-corrected chi connectivity index (χ3v) is 6.06. The number of aromatic nitrogens is 1. The number of amides is 2. The summed E-state index contributed by atoms with van der Waals surface area (Å²) in [4.78, 5) is 33.1. The molecule has 0 saturated carbocycles. The number of benzene rings is 1. The number of nitrogen functional groups attached to an aromatic ring is 1. The maximum absolute atomic E-state index is 12.7. The fourth-order valence-corrected chi connectivity index (χ4v) is 4.31. The number of piperidine rings is 1. The van der Waals surface area contributed by atoms with E-state index in [4.69, 9.17) is 17.3 Å². The second-order valence-electron chi connectivity index (χ2n) is 7.82. The standard InChI is InChI=1S/C21H23ClN4O2/c22-16-3-1-15(2-4-16)13-26-14-21(12-19(26)27)6-9-25(10-7-21)20(28)18-11-17(23)5-8-24-18/h1-5,8,11H,6-7,9-10,12-14H2,(H2,23,24). The number of hydrogen-bond acceptors (Lipinski definition) is 4. The fourth-order valence-electron chi connectivity index (χ4n) is 4.18. The molecule has 1 aromatic heterocycles. The number of rotatable bonds is 3. The summed E-state index contributed by atoms with van der Waals surface area (Å²) < 4.78 is 0. The number of nitrogens with two attached hydrogens (primary N) is 1. The van der Waals surface area contributed by atoms with Gasteiger partial charge in [-0.05, 0) is 42.7 Å². The maximum Gasteiger partial charge on any atom is 0.272 e. The number of pyridine rings is 1. The molecule has 3 heterocycles. The van der Waals surface area contributed by atoms with E-state index in [1.54, 1.807) is 18.3 Å². The quantitative estimate of drug-likeness (QED) is 0.861. The third kappa shape index (κ3) is 3.83. The summed E-state index contributed by atoms with van der Waals surface area (Å²) in [6, 6.07) is 10.9. The second-order valence-corrected chi connectivity index (χ2v) is 8.26. The lowest BCUT2D eigenvalue weighted by atomic mass is 9.77. The monoisotopic (exact) mass is 398 g/mol. The Labute approximate surface area is 169 Å². The van der Waals surface area contributed by atoms with E-state index < -0.39 is 0 Å². The molecule has 2 saturated heterocycles. The maximum atomic E-state index is 12.7. The molecule has 4 rings (SSSR count). The first kappa shape index (κ1) is 18.7. The number of likely N-dealkylation sites (tertiary alicyclic amines) is 2. The Balaban J connectivity index is 1.38. The van der Waals surface area contributed by atoms with Gasteiger partial charge in [0.05, 0.1) is 0 Å². The second kappa shape index (κ2) is 7.43. The van der Waals surface area contributed by atoms with Crippen LogP contribution in [0.4, 0.5) is 5.69 Å². The van der Waals surface area contributed by atoms with Crippen molar-refractivity contribution in [2.75, 3.05) is 25.4 Å². The zero-order chi connectivity index (χ0) is 19.7. The van der Waals surface area contributed by atoms with Gasteiger partial charge in [0.1, 0.15) is 5.69 Å². The van der Waals surface area contributed by atoms with E-state index in [0.717, 1.165) is 24.9 Å². The lowest BCUT2D eigenvalue weighted by molar-refractivity contribution is -0.128. The zero-order valence-corrected chi connectivity index (χ0v) is 16.4. The van der Waals surface area contributed by atoms with E-state index in [2.05, 4.69) is 4.98 Å². The van der Waals surface area contributed by atoms with Crippen LogP contribution in [0.1, 0.15) is 35.3 Å². The average molecular weight is 399 g/mol. The minimum Gasteiger partial charge on any atom is -0.399 e. The van der Waals surface area contributed by atoms with Crippen molar-refractivity contribution in [3.8, 4) is 0 Å². The van der Waals surface area contributed by atoms with Crippen LogP contribution >= 0.6 is 11.6 Å². The molecule has 1 spiro atoms. The van der Waals surface area contributed by atoms with Crippen LogP contribution in [-0.4, -0.2) is 46.2 Å². The van der Waals surface area contributed by atoms with Crippen LogP contribution in [0.3, 0.4) is 0 Å². The van der Waals surface area contributed by atoms with Gasteiger partial charge < -0.3 is 15.5 Å². The van der Waals surface area contributed by atoms with Crippen LogP contribution in [0.25, 0.3) is 0 Å². The van der Waals surface area contributed by atoms with Gasteiger partial charge >= 0.3 is 0 Å². The zero-order valence-electron chi connectivity index (χ0n) is 15.6. The van der Waals surface area contributed by atoms with Gasteiger partial charge in [-0.2, -0.15) is 0 Å². The van der Waals surface area contributed by atoms with Gasteiger partial charge in [0.15, 0.2) is 0 Å². The Bertz CT molecular complexity index is 892. The summed E-state index contributed by atoms with van der Waals surface area (Å²) >= 11 is 5.94. The van der Waals surface area contributed by atoms with E-state index in [9.17, 15) is 9.59 Å². The van der Waals surface area contributed by atoms with Crippen LogP contribution in [-0.2, 0) is 11.3 Å². The van der Waals surface area contributed by atoms with Crippen molar-refractivity contribution in [1.82, 2.24) is 14.8 Å². The van der Waals surface area contributed by atoms with Crippen LogP contribution in [0, 0.1) is 5.41 Å². The lowest BCUT2D eigenvalue weighted by Crippen LogP contribution is -2.44. The van der Waals surface area contributed by atoms with Gasteiger partial charge in [-0.15, -0.1) is 0 Å². The van der Waals surface area contributed by atoms with Gasteiger partial charge in [-0.1, -0.05) is 23.7 Å². The molecule has 146 valence electrons. The van der Waals surface area contributed by atoms with Crippen LogP contribution < -0.4 is 5.73 Å². The number of carbonyl (C=O) groups is 2. The van der Waals surface area contributed by atoms with Crippen molar-refractivity contribution < 1.29 is 9.59 Å². The van der Waals surface area contributed by atoms with E-state index in [1.807, 2.05) is 34.1 Å². The minimum absolute atomic E-state index is 0.0383. The van der Waals surface area contributed by atoms with Crippen LogP contribution in [0.15, 0.2) is 42.6 Å². The summed E-state index contributed by atoms with van der Waals surface area (Å²) in [5.74, 6) is 0.0942. The third-order valence-electron chi connectivity index (χ3n) is 5.81. The molecule has 2 aromatic rings. The van der Waals surface area contributed by atoms with Crippen LogP contribution in [0.2, 0.25) is 5.02 Å². The van der Waals surface area contributed by atoms with Gasteiger partial charge in [0, 0.05) is 54.9 Å². The number of nitrogens with zero attached hydrogens (tertiary/aromatic N) is 3. The minimum atomic E-state index is -0.0931. The molecule has 0 bridgehead atoms. The summed E-state index contributed by atoms with van der Waals surface area (Å²) in [5, 5.41) is 0.694. The van der Waals surface area contributed by atoms with Crippen molar-refractivity contribution in [3.05, 3.63) is 58.9 Å². The highest BCUT2D eigenvalue weighted by atomic mass is 35.5.